The Morgan fingerprint density at radius 1 is 1.32 bits per heavy atom. The van der Waals surface area contributed by atoms with Crippen LogP contribution in [0.5, 0.6) is 0 Å². The minimum absolute atomic E-state index is 0.0924. The molecule has 0 saturated heterocycles. The Morgan fingerprint density at radius 3 is 2.21 bits per heavy atom. The van der Waals surface area contributed by atoms with Gasteiger partial charge in [0.25, 0.3) is 0 Å². The van der Waals surface area contributed by atoms with Crippen LogP contribution in [0.4, 0.5) is 0 Å². The van der Waals surface area contributed by atoms with Crippen molar-refractivity contribution < 1.29 is 24.2 Å². The van der Waals surface area contributed by atoms with E-state index < -0.39 is 17.5 Å². The fourth-order valence-corrected chi connectivity index (χ4v) is 1.21. The summed E-state index contributed by atoms with van der Waals surface area (Å²) in [6, 6.07) is 0. The fraction of sp³-hybridized carbons (Fsp3) is 0.714. The third-order valence-electron chi connectivity index (χ3n) is 2.49. The Morgan fingerprint density at radius 2 is 1.84 bits per heavy atom. The summed E-state index contributed by atoms with van der Waals surface area (Å²) < 4.78 is 10.2. The molecule has 5 heteroatoms. The van der Waals surface area contributed by atoms with E-state index in [0.29, 0.717) is 12.0 Å². The zero-order valence-corrected chi connectivity index (χ0v) is 12.4. The zero-order chi connectivity index (χ0) is 15.2. The first-order valence-corrected chi connectivity index (χ1v) is 6.31. The molecule has 0 saturated carbocycles. The van der Waals surface area contributed by atoms with E-state index in [2.05, 4.69) is 6.58 Å². The van der Waals surface area contributed by atoms with Crippen LogP contribution in [-0.2, 0) is 19.1 Å². The lowest BCUT2D eigenvalue weighted by Crippen LogP contribution is -2.34. The Bertz CT molecular complexity index is 338. The Kier molecular flexibility index (Phi) is 6.76. The monoisotopic (exact) mass is 272 g/mol. The van der Waals surface area contributed by atoms with Crippen LogP contribution in [0, 0.1) is 5.92 Å². The number of carbonyl (C=O) groups is 2. The van der Waals surface area contributed by atoms with Crippen molar-refractivity contribution in [3.05, 3.63) is 12.2 Å². The van der Waals surface area contributed by atoms with Crippen molar-refractivity contribution in [1.29, 1.82) is 0 Å². The third-order valence-corrected chi connectivity index (χ3v) is 2.49. The molecule has 0 aromatic carbocycles. The Hall–Kier alpha value is -1.36. The van der Waals surface area contributed by atoms with Crippen LogP contribution in [0.25, 0.3) is 0 Å². The highest BCUT2D eigenvalue weighted by Gasteiger charge is 2.26. The molecule has 0 fully saturated rings. The van der Waals surface area contributed by atoms with Crippen molar-refractivity contribution in [2.75, 3.05) is 6.61 Å². The molecule has 1 N–H and O–H groups in total. The van der Waals surface area contributed by atoms with Gasteiger partial charge in [-0.05, 0) is 26.7 Å². The highest BCUT2D eigenvalue weighted by Crippen LogP contribution is 2.14. The molecule has 0 heterocycles. The maximum atomic E-state index is 11.4. The second-order valence-electron chi connectivity index (χ2n) is 5.45. The van der Waals surface area contributed by atoms with Crippen molar-refractivity contribution in [3.8, 4) is 0 Å². The highest BCUT2D eigenvalue weighted by atomic mass is 16.6. The van der Waals surface area contributed by atoms with Crippen LogP contribution < -0.4 is 0 Å². The summed E-state index contributed by atoms with van der Waals surface area (Å²) in [7, 11) is 0. The summed E-state index contributed by atoms with van der Waals surface area (Å²) in [4.78, 5) is 22.8. The SMILES string of the molecule is C=C(C)C(=O)OC(CCOC(=O)C(C)(C)O)C(C)C. The predicted octanol–water partition coefficient (Wildman–Crippen LogP) is 1.83. The predicted molar refractivity (Wildman–Crippen MR) is 71.4 cm³/mol. The van der Waals surface area contributed by atoms with Crippen LogP contribution in [0.3, 0.4) is 0 Å². The number of hydrogen-bond donors (Lipinski definition) is 1. The van der Waals surface area contributed by atoms with Gasteiger partial charge in [-0.15, -0.1) is 0 Å². The average Bonchev–Trinajstić information content (AvgIpc) is 2.25. The van der Waals surface area contributed by atoms with Gasteiger partial charge in [-0.3, -0.25) is 0 Å². The average molecular weight is 272 g/mol. The van der Waals surface area contributed by atoms with Gasteiger partial charge in [-0.1, -0.05) is 20.4 Å². The topological polar surface area (TPSA) is 72.8 Å². The first-order valence-electron chi connectivity index (χ1n) is 6.31. The lowest BCUT2D eigenvalue weighted by Gasteiger charge is -2.22. The van der Waals surface area contributed by atoms with E-state index in [4.69, 9.17) is 9.47 Å². The van der Waals surface area contributed by atoms with Crippen LogP contribution >= 0.6 is 0 Å². The molecule has 0 aliphatic rings. The van der Waals surface area contributed by atoms with Gasteiger partial charge >= 0.3 is 11.9 Å². The molecule has 19 heavy (non-hydrogen) atoms. The first kappa shape index (κ1) is 17.6. The molecule has 0 aliphatic carbocycles. The van der Waals surface area contributed by atoms with E-state index in [1.807, 2.05) is 13.8 Å². The molecule has 0 spiro atoms. The van der Waals surface area contributed by atoms with Gasteiger partial charge in [0.05, 0.1) is 6.61 Å². The first-order chi connectivity index (χ1) is 8.55. The number of rotatable bonds is 7. The fourth-order valence-electron chi connectivity index (χ4n) is 1.21. The second kappa shape index (κ2) is 7.28. The number of aliphatic hydroxyl groups is 1. The number of ether oxygens (including phenoxy) is 2. The molecule has 110 valence electrons. The molecule has 0 rings (SSSR count). The summed E-state index contributed by atoms with van der Waals surface area (Å²) in [6.45, 7) is 11.7. The van der Waals surface area contributed by atoms with Gasteiger partial charge in [-0.2, -0.15) is 0 Å². The molecule has 0 radical (unpaired) electrons. The smallest absolute Gasteiger partial charge is 0.337 e. The van der Waals surface area contributed by atoms with Crippen molar-refractivity contribution in [2.45, 2.75) is 52.7 Å². The van der Waals surface area contributed by atoms with E-state index in [-0.39, 0.29) is 18.6 Å². The van der Waals surface area contributed by atoms with E-state index in [0.717, 1.165) is 0 Å². The summed E-state index contributed by atoms with van der Waals surface area (Å²) in [5.74, 6) is -1.04. The van der Waals surface area contributed by atoms with Gasteiger partial charge in [-0.25, -0.2) is 9.59 Å². The lowest BCUT2D eigenvalue weighted by atomic mass is 10.0. The van der Waals surface area contributed by atoms with E-state index in [9.17, 15) is 14.7 Å². The number of carbonyl (C=O) groups excluding carboxylic acids is 2. The normalized spacial score (nSPS) is 13.0. The molecule has 1 unspecified atom stereocenters. The summed E-state index contributed by atoms with van der Waals surface area (Å²) in [6.07, 6.45) is 0.0391. The maximum Gasteiger partial charge on any atom is 0.337 e. The van der Waals surface area contributed by atoms with Crippen LogP contribution in [0.2, 0.25) is 0 Å². The molecular weight excluding hydrogens is 248 g/mol. The highest BCUT2D eigenvalue weighted by molar-refractivity contribution is 5.87. The molecule has 0 aromatic rings. The van der Waals surface area contributed by atoms with Crippen LogP contribution in [0.1, 0.15) is 41.0 Å². The number of esters is 2. The minimum Gasteiger partial charge on any atom is -0.463 e. The molecule has 0 aliphatic heterocycles. The van der Waals surface area contributed by atoms with E-state index >= 15 is 0 Å². The summed E-state index contributed by atoms with van der Waals surface area (Å²) in [5.41, 5.74) is -1.18. The summed E-state index contributed by atoms with van der Waals surface area (Å²) >= 11 is 0. The largest absolute Gasteiger partial charge is 0.463 e. The lowest BCUT2D eigenvalue weighted by molar-refractivity contribution is -0.163. The van der Waals surface area contributed by atoms with Crippen LogP contribution in [0.15, 0.2) is 12.2 Å². The molecule has 0 aromatic heterocycles. The number of hydrogen-bond acceptors (Lipinski definition) is 5. The Labute approximate surface area is 114 Å². The van der Waals surface area contributed by atoms with Crippen molar-refractivity contribution in [2.24, 2.45) is 5.92 Å². The maximum absolute atomic E-state index is 11.4. The van der Waals surface area contributed by atoms with E-state index in [1.54, 1.807) is 6.92 Å². The molecule has 5 nitrogen and oxygen atoms in total. The molecule has 1 atom stereocenters. The van der Waals surface area contributed by atoms with Crippen molar-refractivity contribution in [1.82, 2.24) is 0 Å². The second-order valence-corrected chi connectivity index (χ2v) is 5.45. The zero-order valence-electron chi connectivity index (χ0n) is 12.4. The van der Waals surface area contributed by atoms with Crippen molar-refractivity contribution >= 4 is 11.9 Å². The van der Waals surface area contributed by atoms with Gasteiger partial charge in [0.2, 0.25) is 0 Å². The Balaban J connectivity index is 4.28. The van der Waals surface area contributed by atoms with Gasteiger partial charge in [0.1, 0.15) is 6.10 Å². The summed E-state index contributed by atoms with van der Waals surface area (Å²) in [5, 5.41) is 9.41. The van der Waals surface area contributed by atoms with Gasteiger partial charge in [0, 0.05) is 12.0 Å². The third kappa shape index (κ3) is 6.96. The quantitative estimate of drug-likeness (QED) is 0.565. The van der Waals surface area contributed by atoms with Gasteiger partial charge < -0.3 is 14.6 Å². The molecule has 0 amide bonds. The van der Waals surface area contributed by atoms with Crippen LogP contribution in [-0.4, -0.2) is 35.4 Å². The van der Waals surface area contributed by atoms with Crippen molar-refractivity contribution in [3.63, 3.8) is 0 Å². The van der Waals surface area contributed by atoms with Gasteiger partial charge in [0.15, 0.2) is 5.60 Å². The standard InChI is InChI=1S/C14H24O5/c1-9(2)11(19-12(15)10(3)4)7-8-18-13(16)14(5,6)17/h9,11,17H,3,7-8H2,1-2,4-6H3. The molecular formula is C14H24O5. The van der Waals surface area contributed by atoms with E-state index in [1.165, 1.54) is 13.8 Å². The minimum atomic E-state index is -1.51. The molecule has 0 bridgehead atoms.